The fourth-order valence-electron chi connectivity index (χ4n) is 4.58. The lowest BCUT2D eigenvalue weighted by atomic mass is 9.97. The van der Waals surface area contributed by atoms with Crippen molar-refractivity contribution >= 4 is 0 Å². The maximum absolute atomic E-state index is 15.1. The SMILES string of the molecule is CCCCCCCCc1ccc(-c2ccc(-c3ccc(OCCCCCCC)cc3)c(F)c2F)cc1. The second-order valence-electron chi connectivity index (χ2n) is 9.79. The predicted octanol–water partition coefficient (Wildman–Crippen LogP) is 10.6. The molecule has 0 bridgehead atoms. The van der Waals surface area contributed by atoms with Crippen molar-refractivity contribution in [1.29, 1.82) is 0 Å². The first-order chi connectivity index (χ1) is 17.6. The standard InChI is InChI=1S/C33H42F2O/c1-3-5-7-9-10-12-14-26-15-17-27(18-16-26)30-23-24-31(33(35)32(30)34)28-19-21-29(22-20-28)36-25-13-11-8-6-4-2/h15-24H,3-14,25H2,1-2H3. The smallest absolute Gasteiger partial charge is 0.167 e. The zero-order valence-corrected chi connectivity index (χ0v) is 22.1. The lowest BCUT2D eigenvalue weighted by Crippen LogP contribution is -1.97. The Kier molecular flexibility index (Phi) is 12.0. The maximum atomic E-state index is 15.1. The van der Waals surface area contributed by atoms with E-state index in [1.54, 1.807) is 24.3 Å². The molecule has 0 saturated carbocycles. The fourth-order valence-corrected chi connectivity index (χ4v) is 4.58. The van der Waals surface area contributed by atoms with Crippen LogP contribution in [0, 0.1) is 11.6 Å². The molecule has 0 saturated heterocycles. The number of rotatable bonds is 16. The molecule has 3 heteroatoms. The van der Waals surface area contributed by atoms with Crippen LogP contribution in [0.2, 0.25) is 0 Å². The first-order valence-corrected chi connectivity index (χ1v) is 13.9. The Labute approximate surface area is 216 Å². The van der Waals surface area contributed by atoms with Crippen LogP contribution >= 0.6 is 0 Å². The van der Waals surface area contributed by atoms with Gasteiger partial charge in [0.25, 0.3) is 0 Å². The van der Waals surface area contributed by atoms with Gasteiger partial charge in [-0.05, 0) is 48.1 Å². The average molecular weight is 493 g/mol. The molecule has 0 heterocycles. The topological polar surface area (TPSA) is 9.23 Å². The van der Waals surface area contributed by atoms with E-state index in [0.29, 0.717) is 23.3 Å². The van der Waals surface area contributed by atoms with E-state index in [1.807, 2.05) is 36.4 Å². The number of aryl methyl sites for hydroxylation is 1. The summed E-state index contributed by atoms with van der Waals surface area (Å²) >= 11 is 0. The van der Waals surface area contributed by atoms with Gasteiger partial charge in [-0.15, -0.1) is 0 Å². The molecule has 0 aliphatic carbocycles. The monoisotopic (exact) mass is 492 g/mol. The minimum Gasteiger partial charge on any atom is -0.494 e. The van der Waals surface area contributed by atoms with E-state index in [9.17, 15) is 0 Å². The molecular formula is C33H42F2O. The molecule has 3 rings (SSSR count). The summed E-state index contributed by atoms with van der Waals surface area (Å²) in [5.41, 5.74) is 3.15. The zero-order valence-electron chi connectivity index (χ0n) is 22.1. The summed E-state index contributed by atoms with van der Waals surface area (Å²) in [6.07, 6.45) is 14.6. The van der Waals surface area contributed by atoms with Gasteiger partial charge in [0.1, 0.15) is 5.75 Å². The molecule has 0 fully saturated rings. The van der Waals surface area contributed by atoms with Crippen LogP contribution < -0.4 is 4.74 Å². The van der Waals surface area contributed by atoms with E-state index in [4.69, 9.17) is 4.74 Å². The van der Waals surface area contributed by atoms with Gasteiger partial charge in [0, 0.05) is 11.1 Å². The molecule has 0 atom stereocenters. The predicted molar refractivity (Wildman–Crippen MR) is 149 cm³/mol. The van der Waals surface area contributed by atoms with Gasteiger partial charge < -0.3 is 4.74 Å². The van der Waals surface area contributed by atoms with Crippen LogP contribution in [0.3, 0.4) is 0 Å². The van der Waals surface area contributed by atoms with Crippen LogP contribution in [0.1, 0.15) is 90.0 Å². The van der Waals surface area contributed by atoms with Crippen molar-refractivity contribution in [3.63, 3.8) is 0 Å². The van der Waals surface area contributed by atoms with E-state index in [0.717, 1.165) is 18.6 Å². The lowest BCUT2D eigenvalue weighted by Gasteiger charge is -2.11. The third kappa shape index (κ3) is 8.47. The number of hydrogen-bond acceptors (Lipinski definition) is 1. The molecule has 194 valence electrons. The van der Waals surface area contributed by atoms with Crippen LogP contribution in [0.25, 0.3) is 22.3 Å². The molecule has 0 aliphatic rings. The van der Waals surface area contributed by atoms with Gasteiger partial charge in [-0.3, -0.25) is 0 Å². The molecule has 3 aromatic rings. The van der Waals surface area contributed by atoms with E-state index >= 15 is 8.78 Å². The van der Waals surface area contributed by atoms with E-state index < -0.39 is 11.6 Å². The quantitative estimate of drug-likeness (QED) is 0.181. The maximum Gasteiger partial charge on any atom is 0.167 e. The van der Waals surface area contributed by atoms with Gasteiger partial charge in [-0.1, -0.05) is 120 Å². The Bertz CT molecular complexity index is 940. The molecule has 3 aromatic carbocycles. The fraction of sp³-hybridized carbons (Fsp3) is 0.455. The minimum absolute atomic E-state index is 0.266. The van der Waals surface area contributed by atoms with E-state index in [-0.39, 0.29) is 5.56 Å². The molecule has 36 heavy (non-hydrogen) atoms. The average Bonchev–Trinajstić information content (AvgIpc) is 2.91. The Morgan fingerprint density at radius 2 is 1.00 bits per heavy atom. The number of unbranched alkanes of at least 4 members (excludes halogenated alkanes) is 9. The molecule has 0 aliphatic heterocycles. The van der Waals surface area contributed by atoms with Crippen molar-refractivity contribution in [2.45, 2.75) is 90.9 Å². The van der Waals surface area contributed by atoms with E-state index in [2.05, 4.69) is 13.8 Å². The third-order valence-electron chi connectivity index (χ3n) is 6.85. The van der Waals surface area contributed by atoms with Gasteiger partial charge in [0.15, 0.2) is 11.6 Å². The highest BCUT2D eigenvalue weighted by Crippen LogP contribution is 2.32. The summed E-state index contributed by atoms with van der Waals surface area (Å²) in [7, 11) is 0. The molecular weight excluding hydrogens is 450 g/mol. The van der Waals surface area contributed by atoms with Crippen molar-refractivity contribution in [2.75, 3.05) is 6.61 Å². The molecule has 0 radical (unpaired) electrons. The van der Waals surface area contributed by atoms with Crippen molar-refractivity contribution in [3.05, 3.63) is 77.9 Å². The third-order valence-corrected chi connectivity index (χ3v) is 6.85. The Balaban J connectivity index is 1.57. The Morgan fingerprint density at radius 3 is 1.56 bits per heavy atom. The van der Waals surface area contributed by atoms with Crippen LogP contribution in [-0.4, -0.2) is 6.61 Å². The second-order valence-corrected chi connectivity index (χ2v) is 9.79. The summed E-state index contributed by atoms with van der Waals surface area (Å²) in [6, 6.07) is 18.5. The first-order valence-electron chi connectivity index (χ1n) is 13.9. The van der Waals surface area contributed by atoms with Crippen molar-refractivity contribution in [2.24, 2.45) is 0 Å². The normalized spacial score (nSPS) is 11.1. The van der Waals surface area contributed by atoms with Crippen molar-refractivity contribution in [3.8, 4) is 28.0 Å². The molecule has 0 N–H and O–H groups in total. The summed E-state index contributed by atoms with van der Waals surface area (Å²) in [5, 5.41) is 0. The highest BCUT2D eigenvalue weighted by Gasteiger charge is 2.16. The van der Waals surface area contributed by atoms with Crippen LogP contribution in [-0.2, 0) is 6.42 Å². The van der Waals surface area contributed by atoms with Crippen LogP contribution in [0.15, 0.2) is 60.7 Å². The number of benzene rings is 3. The summed E-state index contributed by atoms with van der Waals surface area (Å²) in [4.78, 5) is 0. The molecule has 0 spiro atoms. The number of hydrogen-bond donors (Lipinski definition) is 0. The van der Waals surface area contributed by atoms with Crippen LogP contribution in [0.4, 0.5) is 8.78 Å². The van der Waals surface area contributed by atoms with E-state index in [1.165, 1.54) is 69.8 Å². The Hall–Kier alpha value is -2.68. The first kappa shape index (κ1) is 27.9. The molecule has 1 nitrogen and oxygen atoms in total. The van der Waals surface area contributed by atoms with Crippen molar-refractivity contribution in [1.82, 2.24) is 0 Å². The van der Waals surface area contributed by atoms with Gasteiger partial charge in [0.05, 0.1) is 6.61 Å². The van der Waals surface area contributed by atoms with Gasteiger partial charge >= 0.3 is 0 Å². The zero-order chi connectivity index (χ0) is 25.6. The number of ether oxygens (including phenoxy) is 1. The minimum atomic E-state index is -0.812. The van der Waals surface area contributed by atoms with Gasteiger partial charge in [-0.2, -0.15) is 0 Å². The van der Waals surface area contributed by atoms with Gasteiger partial charge in [0.2, 0.25) is 0 Å². The van der Waals surface area contributed by atoms with Gasteiger partial charge in [-0.25, -0.2) is 8.78 Å². The highest BCUT2D eigenvalue weighted by atomic mass is 19.2. The summed E-state index contributed by atoms with van der Waals surface area (Å²) in [5.74, 6) is -0.857. The Morgan fingerprint density at radius 1 is 0.528 bits per heavy atom. The van der Waals surface area contributed by atoms with Crippen molar-refractivity contribution < 1.29 is 13.5 Å². The lowest BCUT2D eigenvalue weighted by molar-refractivity contribution is 0.304. The molecule has 0 aromatic heterocycles. The summed E-state index contributed by atoms with van der Waals surface area (Å²) in [6.45, 7) is 5.11. The highest BCUT2D eigenvalue weighted by molar-refractivity contribution is 5.72. The molecule has 0 unspecified atom stereocenters. The second kappa shape index (κ2) is 15.4. The summed E-state index contributed by atoms with van der Waals surface area (Å²) < 4.78 is 35.9. The largest absolute Gasteiger partial charge is 0.494 e. The molecule has 0 amide bonds. The number of halogens is 2. The van der Waals surface area contributed by atoms with Crippen LogP contribution in [0.5, 0.6) is 5.75 Å².